The average Bonchev–Trinajstić information content (AvgIpc) is 3.71. The van der Waals surface area contributed by atoms with Crippen LogP contribution < -0.4 is 10.2 Å². The molecule has 8 rings (SSSR count). The van der Waals surface area contributed by atoms with Gasteiger partial charge in [-0.1, -0.05) is 32.0 Å². The van der Waals surface area contributed by atoms with Gasteiger partial charge in [0, 0.05) is 85.6 Å². The predicted molar refractivity (Wildman–Crippen MR) is 191 cm³/mol. The molecule has 49 heavy (non-hydrogen) atoms. The van der Waals surface area contributed by atoms with E-state index in [9.17, 15) is 14.4 Å². The number of amides is 3. The van der Waals surface area contributed by atoms with Crippen LogP contribution in [0.4, 0.5) is 5.69 Å². The zero-order valence-electron chi connectivity index (χ0n) is 28.7. The maximum atomic E-state index is 13.6. The second-order valence-corrected chi connectivity index (χ2v) is 15.5. The molecule has 1 atom stereocenters. The van der Waals surface area contributed by atoms with E-state index in [0.717, 1.165) is 111 Å². The molecule has 0 saturated carbocycles. The SMILES string of the molecule is CC1(C)CCc2c(-c3cc4ccc(C(=O)N5CCC(CN6CCN(c7ccc(C8CCC(=O)NC8=O)cc7)CC6)CC5)cc4[nH]3)n[nH]c2C1. The van der Waals surface area contributed by atoms with Gasteiger partial charge < -0.3 is 14.8 Å². The summed E-state index contributed by atoms with van der Waals surface area (Å²) in [5, 5.41) is 11.5. The highest BCUT2D eigenvalue weighted by molar-refractivity contribution is 6.01. The highest BCUT2D eigenvalue weighted by Gasteiger charge is 2.31. The Morgan fingerprint density at radius 1 is 0.918 bits per heavy atom. The number of imide groups is 1. The first-order chi connectivity index (χ1) is 23.7. The normalized spacial score (nSPS) is 22.0. The fourth-order valence-electron chi connectivity index (χ4n) is 8.44. The van der Waals surface area contributed by atoms with Gasteiger partial charge in [-0.25, -0.2) is 0 Å². The Morgan fingerprint density at radius 2 is 1.69 bits per heavy atom. The largest absolute Gasteiger partial charge is 0.369 e. The van der Waals surface area contributed by atoms with E-state index in [2.05, 4.69) is 63.3 Å². The number of likely N-dealkylation sites (tertiary alicyclic amines) is 1. The van der Waals surface area contributed by atoms with Crippen molar-refractivity contribution < 1.29 is 14.4 Å². The number of aromatic nitrogens is 3. The first-order valence-corrected chi connectivity index (χ1v) is 18.1. The summed E-state index contributed by atoms with van der Waals surface area (Å²) in [6, 6.07) is 16.5. The highest BCUT2D eigenvalue weighted by atomic mass is 16.2. The van der Waals surface area contributed by atoms with Crippen molar-refractivity contribution in [2.75, 3.05) is 50.7 Å². The minimum Gasteiger partial charge on any atom is -0.369 e. The van der Waals surface area contributed by atoms with Crippen molar-refractivity contribution in [1.82, 2.24) is 30.3 Å². The molecule has 4 aromatic rings. The number of anilines is 1. The van der Waals surface area contributed by atoms with Gasteiger partial charge in [-0.3, -0.25) is 29.7 Å². The fourth-order valence-corrected chi connectivity index (χ4v) is 8.44. The summed E-state index contributed by atoms with van der Waals surface area (Å²) in [6.07, 6.45) is 6.25. The number of hydrogen-bond acceptors (Lipinski definition) is 6. The number of hydrogen-bond donors (Lipinski definition) is 3. The lowest BCUT2D eigenvalue weighted by Crippen LogP contribution is -2.49. The number of fused-ring (bicyclic) bond motifs is 2. The summed E-state index contributed by atoms with van der Waals surface area (Å²) in [7, 11) is 0. The van der Waals surface area contributed by atoms with E-state index in [0.29, 0.717) is 24.2 Å². The average molecular weight is 662 g/mol. The number of benzene rings is 2. The topological polar surface area (TPSA) is 117 Å². The molecule has 3 N–H and O–H groups in total. The van der Waals surface area contributed by atoms with Crippen LogP contribution in [-0.4, -0.2) is 88.5 Å². The zero-order chi connectivity index (χ0) is 33.7. The van der Waals surface area contributed by atoms with Gasteiger partial charge in [0.15, 0.2) is 0 Å². The van der Waals surface area contributed by atoms with Crippen LogP contribution in [0.3, 0.4) is 0 Å². The zero-order valence-corrected chi connectivity index (χ0v) is 28.7. The van der Waals surface area contributed by atoms with Crippen LogP contribution in [0.2, 0.25) is 0 Å². The van der Waals surface area contributed by atoms with Gasteiger partial charge in [0.05, 0.1) is 11.6 Å². The lowest BCUT2D eigenvalue weighted by molar-refractivity contribution is -0.134. The molecule has 5 heterocycles. The molecule has 3 saturated heterocycles. The Hall–Kier alpha value is -4.44. The Bertz CT molecular complexity index is 1870. The number of carbonyl (C=O) groups is 3. The van der Waals surface area contributed by atoms with E-state index in [1.54, 1.807) is 0 Å². The van der Waals surface area contributed by atoms with E-state index in [1.807, 2.05) is 29.2 Å². The molecular weight excluding hydrogens is 614 g/mol. The Labute approximate surface area is 287 Å². The van der Waals surface area contributed by atoms with Crippen LogP contribution in [0.25, 0.3) is 22.3 Å². The molecule has 0 bridgehead atoms. The predicted octanol–water partition coefficient (Wildman–Crippen LogP) is 5.27. The summed E-state index contributed by atoms with van der Waals surface area (Å²) in [6.45, 7) is 11.3. The third-order valence-corrected chi connectivity index (χ3v) is 11.5. The van der Waals surface area contributed by atoms with E-state index >= 15 is 0 Å². The summed E-state index contributed by atoms with van der Waals surface area (Å²) in [4.78, 5) is 47.9. The van der Waals surface area contributed by atoms with Crippen molar-refractivity contribution in [3.8, 4) is 11.4 Å². The first-order valence-electron chi connectivity index (χ1n) is 18.1. The fraction of sp³-hybridized carbons (Fsp3) is 0.487. The van der Waals surface area contributed by atoms with Crippen molar-refractivity contribution >= 4 is 34.3 Å². The minimum absolute atomic E-state index is 0.119. The monoisotopic (exact) mass is 661 g/mol. The molecule has 10 nitrogen and oxygen atoms in total. The summed E-state index contributed by atoms with van der Waals surface area (Å²) in [5.41, 5.74) is 8.78. The maximum absolute atomic E-state index is 13.6. The number of aromatic amines is 2. The van der Waals surface area contributed by atoms with Gasteiger partial charge in [-0.05, 0) is 85.8 Å². The second kappa shape index (κ2) is 12.8. The highest BCUT2D eigenvalue weighted by Crippen LogP contribution is 2.38. The molecule has 0 radical (unpaired) electrons. The lowest BCUT2D eigenvalue weighted by Gasteiger charge is -2.39. The van der Waals surface area contributed by atoms with E-state index in [4.69, 9.17) is 5.10 Å². The number of piperidine rings is 2. The summed E-state index contributed by atoms with van der Waals surface area (Å²) in [5.74, 6) is 0.110. The molecule has 0 spiro atoms. The van der Waals surface area contributed by atoms with Crippen molar-refractivity contribution in [2.24, 2.45) is 11.3 Å². The van der Waals surface area contributed by atoms with Gasteiger partial charge in [-0.15, -0.1) is 0 Å². The van der Waals surface area contributed by atoms with Crippen LogP contribution in [0, 0.1) is 11.3 Å². The Kier molecular flexibility index (Phi) is 8.30. The van der Waals surface area contributed by atoms with Crippen LogP contribution in [0.15, 0.2) is 48.5 Å². The quantitative estimate of drug-likeness (QED) is 0.243. The molecule has 10 heteroatoms. The summed E-state index contributed by atoms with van der Waals surface area (Å²) >= 11 is 0. The molecule has 1 aliphatic carbocycles. The number of nitrogens with one attached hydrogen (secondary N) is 3. The molecule has 4 aliphatic rings. The van der Waals surface area contributed by atoms with Crippen LogP contribution in [0.1, 0.15) is 79.0 Å². The minimum atomic E-state index is -0.243. The maximum Gasteiger partial charge on any atom is 0.253 e. The standard InChI is InChI=1S/C39H47N7O3/c1-39(2)14-11-31-34(23-39)42-43-36(31)33-21-27-3-4-28(22-32(27)40-33)38(49)46-15-12-25(13-16-46)24-44-17-19-45(20-18-44)29-7-5-26(6-8-29)30-9-10-35(47)41-37(30)48/h3-8,21-22,25,30,40H,9-20,23-24H2,1-2H3,(H,42,43)(H,41,47,48). The molecule has 3 amide bonds. The third kappa shape index (κ3) is 6.50. The van der Waals surface area contributed by atoms with Gasteiger partial charge in [0.2, 0.25) is 11.8 Å². The van der Waals surface area contributed by atoms with Gasteiger partial charge >= 0.3 is 0 Å². The van der Waals surface area contributed by atoms with Crippen molar-refractivity contribution in [1.29, 1.82) is 0 Å². The van der Waals surface area contributed by atoms with Gasteiger partial charge in [-0.2, -0.15) is 5.10 Å². The van der Waals surface area contributed by atoms with Crippen molar-refractivity contribution in [3.05, 3.63) is 70.9 Å². The third-order valence-electron chi connectivity index (χ3n) is 11.5. The molecule has 1 unspecified atom stereocenters. The number of carbonyl (C=O) groups excluding carboxylic acids is 3. The van der Waals surface area contributed by atoms with E-state index in [-0.39, 0.29) is 23.6 Å². The summed E-state index contributed by atoms with van der Waals surface area (Å²) < 4.78 is 0. The smallest absolute Gasteiger partial charge is 0.253 e. The number of rotatable bonds is 6. The number of piperazine rings is 1. The first kappa shape index (κ1) is 31.8. The second-order valence-electron chi connectivity index (χ2n) is 15.5. The lowest BCUT2D eigenvalue weighted by atomic mass is 9.76. The van der Waals surface area contributed by atoms with E-state index in [1.165, 1.54) is 16.9 Å². The molecule has 3 fully saturated rings. The molecule has 2 aromatic heterocycles. The van der Waals surface area contributed by atoms with Crippen molar-refractivity contribution in [2.45, 2.75) is 64.7 Å². The van der Waals surface area contributed by atoms with Crippen molar-refractivity contribution in [3.63, 3.8) is 0 Å². The van der Waals surface area contributed by atoms with Gasteiger partial charge in [0.25, 0.3) is 5.91 Å². The van der Waals surface area contributed by atoms with Crippen LogP contribution in [0.5, 0.6) is 0 Å². The number of H-pyrrole nitrogens is 2. The molecule has 256 valence electrons. The number of nitrogens with zero attached hydrogens (tertiary/aromatic N) is 4. The molecular formula is C39H47N7O3. The van der Waals surface area contributed by atoms with Crippen LogP contribution >= 0.6 is 0 Å². The molecule has 2 aromatic carbocycles. The Morgan fingerprint density at radius 3 is 2.45 bits per heavy atom. The van der Waals surface area contributed by atoms with Gasteiger partial charge in [0.1, 0.15) is 5.69 Å². The van der Waals surface area contributed by atoms with Crippen LogP contribution in [-0.2, 0) is 22.4 Å². The molecule has 3 aliphatic heterocycles. The Balaban J connectivity index is 0.820. The van der Waals surface area contributed by atoms with E-state index < -0.39 is 0 Å².